The van der Waals surface area contributed by atoms with Crippen LogP contribution in [0.15, 0.2) is 39.9 Å². The van der Waals surface area contributed by atoms with Gasteiger partial charge in [0.25, 0.3) is 5.56 Å². The lowest BCUT2D eigenvalue weighted by atomic mass is 9.99. The Kier molecular flexibility index (Phi) is 4.72. The van der Waals surface area contributed by atoms with Gasteiger partial charge in [-0.15, -0.1) is 0 Å². The van der Waals surface area contributed by atoms with Crippen LogP contribution in [0.1, 0.15) is 30.0 Å². The van der Waals surface area contributed by atoms with E-state index in [4.69, 9.17) is 4.74 Å². The number of ether oxygens (including phenoxy) is 1. The second kappa shape index (κ2) is 6.95. The Balaban J connectivity index is 2.11. The molecular weight excluding hydrogens is 320 g/mol. The van der Waals surface area contributed by atoms with Gasteiger partial charge < -0.3 is 10.1 Å². The van der Waals surface area contributed by atoms with E-state index in [0.717, 1.165) is 23.0 Å². The fourth-order valence-corrected chi connectivity index (χ4v) is 3.18. The molecule has 7 nitrogen and oxygen atoms in total. The summed E-state index contributed by atoms with van der Waals surface area (Å²) in [6.07, 6.45) is 1.73. The summed E-state index contributed by atoms with van der Waals surface area (Å²) in [5.74, 6) is 0.222. The summed E-state index contributed by atoms with van der Waals surface area (Å²) < 4.78 is 8.06. The molecule has 0 bridgehead atoms. The summed E-state index contributed by atoms with van der Waals surface area (Å²) in [4.78, 5) is 24.6. The summed E-state index contributed by atoms with van der Waals surface area (Å²) in [7, 11) is 2.91. The molecule has 1 saturated heterocycles. The average Bonchev–Trinajstić information content (AvgIpc) is 3.17. The zero-order chi connectivity index (χ0) is 18.0. The standard InChI is InChI=1S/C18H20N4O3/c1-21-16(13(11-19)17(23)22(2)18(21)24)20-15(14-9-6-10-25-14)12-7-4-3-5-8-12/h3-5,7-8,14-15,20H,6,9-10H2,1-2H3/t14-,15-/m1/s1. The van der Waals surface area contributed by atoms with E-state index >= 15 is 0 Å². The fraction of sp³-hybridized carbons (Fsp3) is 0.389. The first-order valence-electron chi connectivity index (χ1n) is 8.17. The van der Waals surface area contributed by atoms with Gasteiger partial charge in [0, 0.05) is 20.7 Å². The minimum absolute atomic E-state index is 0.0801. The number of hydrogen-bond acceptors (Lipinski definition) is 5. The number of nitrogens with one attached hydrogen (secondary N) is 1. The molecule has 0 unspecified atom stereocenters. The highest BCUT2D eigenvalue weighted by molar-refractivity contribution is 5.53. The van der Waals surface area contributed by atoms with E-state index in [1.807, 2.05) is 36.4 Å². The van der Waals surface area contributed by atoms with E-state index in [2.05, 4.69) is 5.32 Å². The Hall–Kier alpha value is -2.85. The van der Waals surface area contributed by atoms with Crippen LogP contribution in [0.2, 0.25) is 0 Å². The van der Waals surface area contributed by atoms with Gasteiger partial charge in [-0.3, -0.25) is 13.9 Å². The van der Waals surface area contributed by atoms with Crippen LogP contribution in [0.4, 0.5) is 5.82 Å². The Morgan fingerprint density at radius 1 is 1.24 bits per heavy atom. The van der Waals surface area contributed by atoms with Crippen LogP contribution >= 0.6 is 0 Å². The van der Waals surface area contributed by atoms with Gasteiger partial charge in [0.05, 0.1) is 12.1 Å². The smallest absolute Gasteiger partial charge is 0.332 e. The minimum Gasteiger partial charge on any atom is -0.376 e. The third-order valence-corrected chi connectivity index (χ3v) is 4.56. The van der Waals surface area contributed by atoms with Gasteiger partial charge in [-0.05, 0) is 18.4 Å². The number of rotatable bonds is 4. The molecule has 3 rings (SSSR count). The van der Waals surface area contributed by atoms with Crippen molar-refractivity contribution in [2.75, 3.05) is 11.9 Å². The van der Waals surface area contributed by atoms with Crippen molar-refractivity contribution in [3.05, 3.63) is 62.3 Å². The summed E-state index contributed by atoms with van der Waals surface area (Å²) in [5.41, 5.74) is -0.187. The van der Waals surface area contributed by atoms with Crippen LogP contribution in [-0.2, 0) is 18.8 Å². The fourth-order valence-electron chi connectivity index (χ4n) is 3.18. The maximum Gasteiger partial charge on any atom is 0.332 e. The maximum absolute atomic E-state index is 12.3. The molecule has 25 heavy (non-hydrogen) atoms. The van der Waals surface area contributed by atoms with Gasteiger partial charge in [0.1, 0.15) is 11.9 Å². The summed E-state index contributed by atoms with van der Waals surface area (Å²) in [6, 6.07) is 11.4. The zero-order valence-electron chi connectivity index (χ0n) is 14.2. The van der Waals surface area contributed by atoms with Crippen LogP contribution in [0, 0.1) is 11.3 Å². The predicted octanol–water partition coefficient (Wildman–Crippen LogP) is 1.29. The molecule has 2 aromatic rings. The summed E-state index contributed by atoms with van der Waals surface area (Å²) >= 11 is 0. The van der Waals surface area contributed by atoms with E-state index in [1.54, 1.807) is 7.05 Å². The third kappa shape index (κ3) is 3.08. The van der Waals surface area contributed by atoms with Crippen molar-refractivity contribution in [3.8, 4) is 6.07 Å². The van der Waals surface area contributed by atoms with Gasteiger partial charge >= 0.3 is 5.69 Å². The molecule has 1 N–H and O–H groups in total. The number of hydrogen-bond donors (Lipinski definition) is 1. The van der Waals surface area contributed by atoms with Gasteiger partial charge in [0.2, 0.25) is 0 Å². The number of anilines is 1. The van der Waals surface area contributed by atoms with E-state index in [9.17, 15) is 14.9 Å². The van der Waals surface area contributed by atoms with Gasteiger partial charge in [-0.2, -0.15) is 5.26 Å². The van der Waals surface area contributed by atoms with Crippen LogP contribution < -0.4 is 16.6 Å². The van der Waals surface area contributed by atoms with Crippen molar-refractivity contribution >= 4 is 5.82 Å². The summed E-state index contributed by atoms with van der Waals surface area (Å²) in [6.45, 7) is 0.677. The van der Waals surface area contributed by atoms with E-state index in [0.29, 0.717) is 6.61 Å². The van der Waals surface area contributed by atoms with Crippen molar-refractivity contribution < 1.29 is 4.74 Å². The number of nitriles is 1. The Morgan fingerprint density at radius 3 is 2.56 bits per heavy atom. The quantitative estimate of drug-likeness (QED) is 0.906. The zero-order valence-corrected chi connectivity index (χ0v) is 14.2. The lowest BCUT2D eigenvalue weighted by Gasteiger charge is -2.27. The Labute approximate surface area is 145 Å². The molecule has 0 amide bonds. The first-order chi connectivity index (χ1) is 12.0. The second-order valence-corrected chi connectivity index (χ2v) is 6.13. The molecule has 1 aliphatic rings. The van der Waals surface area contributed by atoms with Crippen LogP contribution in [-0.4, -0.2) is 21.8 Å². The second-order valence-electron chi connectivity index (χ2n) is 6.13. The number of benzene rings is 1. The average molecular weight is 340 g/mol. The van der Waals surface area contributed by atoms with Crippen LogP contribution in [0.3, 0.4) is 0 Å². The lowest BCUT2D eigenvalue weighted by molar-refractivity contribution is 0.0952. The highest BCUT2D eigenvalue weighted by Gasteiger charge is 2.29. The van der Waals surface area contributed by atoms with Gasteiger partial charge in [-0.1, -0.05) is 30.3 Å². The van der Waals surface area contributed by atoms with Crippen molar-refractivity contribution in [1.82, 2.24) is 9.13 Å². The van der Waals surface area contributed by atoms with E-state index < -0.39 is 11.2 Å². The van der Waals surface area contributed by atoms with E-state index in [-0.39, 0.29) is 23.5 Å². The molecule has 2 heterocycles. The molecule has 0 radical (unpaired) electrons. The monoisotopic (exact) mass is 340 g/mol. The predicted molar refractivity (Wildman–Crippen MR) is 93.4 cm³/mol. The van der Waals surface area contributed by atoms with Crippen molar-refractivity contribution in [1.29, 1.82) is 5.26 Å². The molecule has 1 aromatic carbocycles. The SMILES string of the molecule is Cn1c(N[C@H](c2ccccc2)[C@H]2CCCO2)c(C#N)c(=O)n(C)c1=O. The number of aromatic nitrogens is 2. The molecule has 1 aliphatic heterocycles. The molecule has 7 heteroatoms. The van der Waals surface area contributed by atoms with E-state index in [1.165, 1.54) is 11.6 Å². The molecule has 1 fully saturated rings. The molecule has 0 spiro atoms. The topological polar surface area (TPSA) is 89.1 Å². The molecule has 0 aliphatic carbocycles. The normalized spacial score (nSPS) is 17.9. The van der Waals surface area contributed by atoms with Crippen LogP contribution in [0.5, 0.6) is 0 Å². The first-order valence-corrected chi connectivity index (χ1v) is 8.17. The van der Waals surface area contributed by atoms with Crippen LogP contribution in [0.25, 0.3) is 0 Å². The molecular formula is C18H20N4O3. The van der Waals surface area contributed by atoms with Gasteiger partial charge in [0.15, 0.2) is 5.56 Å². The number of nitrogens with zero attached hydrogens (tertiary/aromatic N) is 3. The lowest BCUT2D eigenvalue weighted by Crippen LogP contribution is -2.41. The third-order valence-electron chi connectivity index (χ3n) is 4.56. The highest BCUT2D eigenvalue weighted by Crippen LogP contribution is 2.30. The van der Waals surface area contributed by atoms with Gasteiger partial charge in [-0.25, -0.2) is 4.79 Å². The van der Waals surface area contributed by atoms with Crippen molar-refractivity contribution in [2.45, 2.75) is 25.0 Å². The molecule has 130 valence electrons. The largest absolute Gasteiger partial charge is 0.376 e. The maximum atomic E-state index is 12.3. The van der Waals surface area contributed by atoms with Crippen molar-refractivity contribution in [3.63, 3.8) is 0 Å². The molecule has 1 aromatic heterocycles. The first kappa shape index (κ1) is 17.0. The highest BCUT2D eigenvalue weighted by atomic mass is 16.5. The summed E-state index contributed by atoms with van der Waals surface area (Å²) in [5, 5.41) is 12.7. The minimum atomic E-state index is -0.604. The van der Waals surface area contributed by atoms with Crippen molar-refractivity contribution in [2.24, 2.45) is 14.1 Å². The molecule has 2 atom stereocenters. The molecule has 0 saturated carbocycles. The Morgan fingerprint density at radius 2 is 1.96 bits per heavy atom. The Bertz CT molecular complexity index is 918.